The van der Waals surface area contributed by atoms with E-state index in [1.54, 1.807) is 30.3 Å². The summed E-state index contributed by atoms with van der Waals surface area (Å²) in [4.78, 5) is 11.7. The maximum absolute atomic E-state index is 12.1. The molecule has 2 aromatic rings. The quantitative estimate of drug-likeness (QED) is 0.436. The van der Waals surface area contributed by atoms with Gasteiger partial charge >= 0.3 is 0 Å². The lowest BCUT2D eigenvalue weighted by Gasteiger charge is -2.06. The number of anilines is 2. The fraction of sp³-hybridized carbons (Fsp3) is 0. The number of nitriles is 1. The van der Waals surface area contributed by atoms with E-state index in [4.69, 9.17) is 9.81 Å². The smallest absolute Gasteiger partial charge is 0.294 e. The third-order valence-electron chi connectivity index (χ3n) is 2.91. The molecule has 0 saturated carbocycles. The Balaban J connectivity index is 2.14. The summed E-state index contributed by atoms with van der Waals surface area (Å²) in [6.45, 7) is 0. The Kier molecular flexibility index (Phi) is 5.31. The van der Waals surface area contributed by atoms with Crippen molar-refractivity contribution in [3.63, 3.8) is 0 Å². The Labute approximate surface area is 139 Å². The van der Waals surface area contributed by atoms with Crippen molar-refractivity contribution >= 4 is 27.4 Å². The van der Waals surface area contributed by atoms with Crippen LogP contribution in [-0.2, 0) is 14.9 Å². The highest BCUT2D eigenvalue weighted by Gasteiger charge is 2.13. The Morgan fingerprint density at radius 3 is 2.38 bits per heavy atom. The van der Waals surface area contributed by atoms with Crippen LogP contribution < -0.4 is 10.6 Å². The number of carbonyl (C=O) groups is 1. The van der Waals surface area contributed by atoms with Gasteiger partial charge in [-0.25, -0.2) is 0 Å². The minimum atomic E-state index is -4.38. The zero-order chi connectivity index (χ0) is 17.6. The summed E-state index contributed by atoms with van der Waals surface area (Å²) in [6, 6.07) is 15.8. The first-order valence-electron chi connectivity index (χ1n) is 6.71. The molecule has 8 heteroatoms. The fourth-order valence-corrected chi connectivity index (χ4v) is 2.30. The second-order valence-electron chi connectivity index (χ2n) is 4.64. The number of nitrogens with zero attached hydrogens (tertiary/aromatic N) is 1. The molecule has 0 fully saturated rings. The molecule has 122 valence electrons. The van der Waals surface area contributed by atoms with Crippen LogP contribution in [0.4, 0.5) is 11.4 Å². The van der Waals surface area contributed by atoms with E-state index in [0.717, 1.165) is 6.07 Å². The van der Waals surface area contributed by atoms with Crippen molar-refractivity contribution in [1.29, 1.82) is 5.26 Å². The molecule has 3 N–H and O–H groups in total. The van der Waals surface area contributed by atoms with Crippen molar-refractivity contribution in [2.24, 2.45) is 0 Å². The number of hydrogen-bond acceptors (Lipinski definition) is 5. The number of amides is 1. The molecule has 2 rings (SSSR count). The van der Waals surface area contributed by atoms with Crippen molar-refractivity contribution in [1.82, 2.24) is 0 Å². The standard InChI is InChI=1S/C16H13N3O4S/c17-10-12(11-18-13-5-2-1-3-6-13)16(20)19-14-7-4-8-15(9-14)24(21,22)23/h1-9,11,18H,(H,19,20)(H,21,22,23)/b12-11-. The maximum atomic E-state index is 12.1. The highest BCUT2D eigenvalue weighted by molar-refractivity contribution is 7.85. The molecule has 0 unspecified atom stereocenters. The average Bonchev–Trinajstić information content (AvgIpc) is 2.56. The molecule has 1 amide bonds. The van der Waals surface area contributed by atoms with Crippen LogP contribution in [0.15, 0.2) is 71.3 Å². The average molecular weight is 343 g/mol. The summed E-state index contributed by atoms with van der Waals surface area (Å²) in [5.74, 6) is -0.714. The summed E-state index contributed by atoms with van der Waals surface area (Å²) in [5, 5.41) is 14.3. The molecular formula is C16H13N3O4S. The first-order chi connectivity index (χ1) is 11.4. The highest BCUT2D eigenvalue weighted by Crippen LogP contribution is 2.16. The molecule has 0 aliphatic heterocycles. The minimum Gasteiger partial charge on any atom is -0.360 e. The van der Waals surface area contributed by atoms with Gasteiger partial charge in [0, 0.05) is 17.6 Å². The summed E-state index contributed by atoms with van der Waals surface area (Å²) < 4.78 is 31.2. The Morgan fingerprint density at radius 2 is 1.75 bits per heavy atom. The van der Waals surface area contributed by atoms with Crippen LogP contribution in [0.3, 0.4) is 0 Å². The van der Waals surface area contributed by atoms with E-state index in [0.29, 0.717) is 5.69 Å². The number of rotatable bonds is 5. The summed E-state index contributed by atoms with van der Waals surface area (Å²) >= 11 is 0. The van der Waals surface area contributed by atoms with Crippen LogP contribution in [-0.4, -0.2) is 18.9 Å². The summed E-state index contributed by atoms with van der Waals surface area (Å²) in [7, 11) is -4.38. The van der Waals surface area contributed by atoms with Gasteiger partial charge in [0.1, 0.15) is 11.6 Å². The minimum absolute atomic E-state index is 0.135. The van der Waals surface area contributed by atoms with Gasteiger partial charge < -0.3 is 10.6 Å². The van der Waals surface area contributed by atoms with Crippen molar-refractivity contribution < 1.29 is 17.8 Å². The topological polar surface area (TPSA) is 119 Å². The summed E-state index contributed by atoms with van der Waals surface area (Å²) in [6.07, 6.45) is 1.25. The molecule has 2 aromatic carbocycles. The van der Waals surface area contributed by atoms with Gasteiger partial charge in [-0.15, -0.1) is 0 Å². The Bertz CT molecular complexity index is 916. The maximum Gasteiger partial charge on any atom is 0.294 e. The van der Waals surface area contributed by atoms with E-state index in [9.17, 15) is 13.2 Å². The number of para-hydroxylation sites is 1. The molecule has 7 nitrogen and oxygen atoms in total. The second-order valence-corrected chi connectivity index (χ2v) is 6.06. The van der Waals surface area contributed by atoms with Crippen molar-refractivity contribution in [2.45, 2.75) is 4.90 Å². The second kappa shape index (κ2) is 7.41. The Morgan fingerprint density at radius 1 is 1.08 bits per heavy atom. The van der Waals surface area contributed by atoms with Crippen LogP contribution in [0.1, 0.15) is 0 Å². The lowest BCUT2D eigenvalue weighted by molar-refractivity contribution is -0.112. The lowest BCUT2D eigenvalue weighted by atomic mass is 10.2. The molecule has 0 bridgehead atoms. The molecule has 0 saturated heterocycles. The monoisotopic (exact) mass is 343 g/mol. The van der Waals surface area contributed by atoms with Gasteiger partial charge in [0.2, 0.25) is 0 Å². The van der Waals surface area contributed by atoms with Crippen molar-refractivity contribution in [3.8, 4) is 6.07 Å². The molecule has 24 heavy (non-hydrogen) atoms. The van der Waals surface area contributed by atoms with Gasteiger partial charge in [-0.1, -0.05) is 24.3 Å². The molecule has 0 aromatic heterocycles. The number of carbonyl (C=O) groups excluding carboxylic acids is 1. The fourth-order valence-electron chi connectivity index (χ4n) is 1.77. The molecule has 0 radical (unpaired) electrons. The van der Waals surface area contributed by atoms with E-state index in [1.807, 2.05) is 6.07 Å². The third-order valence-corrected chi connectivity index (χ3v) is 3.76. The van der Waals surface area contributed by atoms with Crippen LogP contribution in [0.25, 0.3) is 0 Å². The largest absolute Gasteiger partial charge is 0.360 e. The molecular weight excluding hydrogens is 330 g/mol. The van der Waals surface area contributed by atoms with Crippen LogP contribution in [0, 0.1) is 11.3 Å². The predicted octanol–water partition coefficient (Wildman–Crippen LogP) is 2.39. The van der Waals surface area contributed by atoms with Gasteiger partial charge in [-0.05, 0) is 30.3 Å². The number of benzene rings is 2. The van der Waals surface area contributed by atoms with Crippen molar-refractivity contribution in [2.75, 3.05) is 10.6 Å². The van der Waals surface area contributed by atoms with E-state index in [1.165, 1.54) is 24.4 Å². The van der Waals surface area contributed by atoms with Gasteiger partial charge in [-0.3, -0.25) is 9.35 Å². The van der Waals surface area contributed by atoms with Crippen LogP contribution in [0.2, 0.25) is 0 Å². The third kappa shape index (κ3) is 4.67. The van der Waals surface area contributed by atoms with E-state index >= 15 is 0 Å². The molecule has 0 aliphatic carbocycles. The lowest BCUT2D eigenvalue weighted by Crippen LogP contribution is -2.15. The first-order valence-corrected chi connectivity index (χ1v) is 8.15. The zero-order valence-electron chi connectivity index (χ0n) is 12.3. The van der Waals surface area contributed by atoms with Crippen LogP contribution in [0.5, 0.6) is 0 Å². The predicted molar refractivity (Wildman–Crippen MR) is 88.6 cm³/mol. The van der Waals surface area contributed by atoms with Gasteiger partial charge in [0.25, 0.3) is 16.0 Å². The SMILES string of the molecule is N#C/C(=C/Nc1ccccc1)C(=O)Nc1cccc(S(=O)(=O)O)c1. The Hall–Kier alpha value is -3.15. The van der Waals surface area contributed by atoms with Gasteiger partial charge in [0.05, 0.1) is 4.90 Å². The molecule has 0 aliphatic rings. The first kappa shape index (κ1) is 17.2. The molecule has 0 heterocycles. The number of hydrogen-bond donors (Lipinski definition) is 3. The molecule has 0 spiro atoms. The highest BCUT2D eigenvalue weighted by atomic mass is 32.2. The number of nitrogens with one attached hydrogen (secondary N) is 2. The summed E-state index contributed by atoms with van der Waals surface area (Å²) in [5.41, 5.74) is 0.638. The zero-order valence-corrected chi connectivity index (χ0v) is 13.1. The van der Waals surface area contributed by atoms with E-state index < -0.39 is 16.0 Å². The van der Waals surface area contributed by atoms with Crippen LogP contribution >= 0.6 is 0 Å². The normalized spacial score (nSPS) is 11.4. The van der Waals surface area contributed by atoms with Crippen molar-refractivity contribution in [3.05, 3.63) is 66.4 Å². The van der Waals surface area contributed by atoms with Gasteiger partial charge in [-0.2, -0.15) is 13.7 Å². The molecule has 0 atom stereocenters. The van der Waals surface area contributed by atoms with E-state index in [-0.39, 0.29) is 16.2 Å². The van der Waals surface area contributed by atoms with E-state index in [2.05, 4.69) is 10.6 Å². The van der Waals surface area contributed by atoms with Gasteiger partial charge in [0.15, 0.2) is 0 Å².